The molecule has 2 aromatic rings. The van der Waals surface area contributed by atoms with Crippen LogP contribution < -0.4 is 10.5 Å². The lowest BCUT2D eigenvalue weighted by Crippen LogP contribution is -2.04. The van der Waals surface area contributed by atoms with Crippen molar-refractivity contribution in [2.24, 2.45) is 5.73 Å². The van der Waals surface area contributed by atoms with Gasteiger partial charge in [-0.15, -0.1) is 0 Å². The zero-order chi connectivity index (χ0) is 13.7. The predicted molar refractivity (Wildman–Crippen MR) is 70.0 cm³/mol. The van der Waals surface area contributed by atoms with Crippen LogP contribution in [0.15, 0.2) is 22.9 Å². The summed E-state index contributed by atoms with van der Waals surface area (Å²) in [5.41, 5.74) is 6.53. The Kier molecular flexibility index (Phi) is 4.46. The molecule has 1 unspecified atom stereocenters. The lowest BCUT2D eigenvalue weighted by atomic mass is 10.1. The molecular weight excluding hydrogens is 244 g/mol. The van der Waals surface area contributed by atoms with Crippen LogP contribution in [0.4, 0.5) is 0 Å². The highest BCUT2D eigenvalue weighted by molar-refractivity contribution is 5.20. The summed E-state index contributed by atoms with van der Waals surface area (Å²) < 4.78 is 10.2. The van der Waals surface area contributed by atoms with Gasteiger partial charge in [-0.25, -0.2) is 4.98 Å². The molecule has 2 N–H and O–H groups in total. The zero-order valence-corrected chi connectivity index (χ0v) is 11.2. The Bertz CT molecular complexity index is 510. The number of pyridine rings is 1. The van der Waals surface area contributed by atoms with Crippen molar-refractivity contribution in [1.29, 1.82) is 0 Å². The minimum absolute atomic E-state index is 0.195. The predicted octanol–water partition coefficient (Wildman–Crippen LogP) is 1.52. The average molecular weight is 262 g/mol. The Morgan fingerprint density at radius 2 is 2.26 bits per heavy atom. The van der Waals surface area contributed by atoms with Crippen LogP contribution in [0.5, 0.6) is 5.88 Å². The van der Waals surface area contributed by atoms with E-state index < -0.39 is 0 Å². The Balaban J connectivity index is 2.02. The van der Waals surface area contributed by atoms with Crippen molar-refractivity contribution in [3.05, 3.63) is 35.6 Å². The molecule has 0 aliphatic rings. The number of nitrogens with two attached hydrogens (primary N) is 1. The van der Waals surface area contributed by atoms with Crippen molar-refractivity contribution >= 4 is 0 Å². The van der Waals surface area contributed by atoms with Gasteiger partial charge in [0.1, 0.15) is 0 Å². The summed E-state index contributed by atoms with van der Waals surface area (Å²) in [7, 11) is 1.59. The first-order valence-corrected chi connectivity index (χ1v) is 6.24. The minimum atomic E-state index is 0.195. The van der Waals surface area contributed by atoms with Crippen LogP contribution in [-0.4, -0.2) is 28.8 Å². The van der Waals surface area contributed by atoms with Gasteiger partial charge in [-0.1, -0.05) is 18.1 Å². The van der Waals surface area contributed by atoms with Crippen molar-refractivity contribution in [1.82, 2.24) is 15.1 Å². The van der Waals surface area contributed by atoms with E-state index in [9.17, 15) is 0 Å². The van der Waals surface area contributed by atoms with Gasteiger partial charge in [0.05, 0.1) is 7.11 Å². The number of hydrogen-bond acceptors (Lipinski definition) is 6. The first kappa shape index (κ1) is 13.5. The number of hydrogen-bond donors (Lipinski definition) is 1. The fourth-order valence-electron chi connectivity index (χ4n) is 1.73. The zero-order valence-electron chi connectivity index (χ0n) is 11.2. The quantitative estimate of drug-likeness (QED) is 0.849. The molecule has 19 heavy (non-hydrogen) atoms. The van der Waals surface area contributed by atoms with E-state index in [1.165, 1.54) is 0 Å². The molecule has 102 valence electrons. The third-order valence-corrected chi connectivity index (χ3v) is 2.87. The van der Waals surface area contributed by atoms with Crippen LogP contribution >= 0.6 is 0 Å². The molecule has 1 atom stereocenters. The highest BCUT2D eigenvalue weighted by Crippen LogP contribution is 2.17. The molecule has 2 rings (SSSR count). The highest BCUT2D eigenvalue weighted by atomic mass is 16.5. The molecule has 6 heteroatoms. The number of ether oxygens (including phenoxy) is 1. The maximum absolute atomic E-state index is 5.51. The van der Waals surface area contributed by atoms with Crippen LogP contribution in [0.1, 0.15) is 36.5 Å². The lowest BCUT2D eigenvalue weighted by molar-refractivity contribution is 0.351. The normalized spacial score (nSPS) is 12.4. The lowest BCUT2D eigenvalue weighted by Gasteiger charge is -2.02. The Hall–Kier alpha value is -1.95. The molecule has 0 saturated carbocycles. The van der Waals surface area contributed by atoms with Gasteiger partial charge < -0.3 is 15.0 Å². The summed E-state index contributed by atoms with van der Waals surface area (Å²) in [6.07, 6.45) is 3.18. The molecule has 0 aromatic carbocycles. The largest absolute Gasteiger partial charge is 0.481 e. The second-order valence-electron chi connectivity index (χ2n) is 4.41. The maximum Gasteiger partial charge on any atom is 0.229 e. The van der Waals surface area contributed by atoms with Crippen molar-refractivity contribution in [3.8, 4) is 5.88 Å². The molecular formula is C13H18N4O2. The average Bonchev–Trinajstić information content (AvgIpc) is 2.88. The highest BCUT2D eigenvalue weighted by Gasteiger charge is 2.13. The van der Waals surface area contributed by atoms with E-state index in [2.05, 4.69) is 15.1 Å². The molecule has 0 aliphatic heterocycles. The second-order valence-corrected chi connectivity index (χ2v) is 4.41. The van der Waals surface area contributed by atoms with E-state index in [1.54, 1.807) is 13.3 Å². The summed E-state index contributed by atoms with van der Waals surface area (Å²) in [6.45, 7) is 2.64. The minimum Gasteiger partial charge on any atom is -0.481 e. The van der Waals surface area contributed by atoms with Gasteiger partial charge in [-0.2, -0.15) is 4.98 Å². The Labute approximate surface area is 112 Å². The van der Waals surface area contributed by atoms with Gasteiger partial charge in [-0.3, -0.25) is 0 Å². The summed E-state index contributed by atoms with van der Waals surface area (Å²) in [5, 5.41) is 3.97. The van der Waals surface area contributed by atoms with Crippen LogP contribution in [-0.2, 0) is 6.42 Å². The number of methoxy groups -OCH3 is 1. The van der Waals surface area contributed by atoms with Crippen molar-refractivity contribution in [3.63, 3.8) is 0 Å². The molecule has 0 bridgehead atoms. The number of nitrogens with zero attached hydrogens (tertiary/aromatic N) is 3. The molecule has 0 saturated heterocycles. The van der Waals surface area contributed by atoms with Crippen LogP contribution in [0.2, 0.25) is 0 Å². The van der Waals surface area contributed by atoms with E-state index in [-0.39, 0.29) is 5.92 Å². The SMILES string of the molecule is COc1ccc(Cc2noc(C(C)CCN)n2)cn1. The Morgan fingerprint density at radius 3 is 2.89 bits per heavy atom. The third-order valence-electron chi connectivity index (χ3n) is 2.87. The number of rotatable bonds is 6. The van der Waals surface area contributed by atoms with Crippen LogP contribution in [0, 0.1) is 0 Å². The van der Waals surface area contributed by atoms with Gasteiger partial charge in [-0.05, 0) is 18.5 Å². The van der Waals surface area contributed by atoms with E-state index in [1.807, 2.05) is 19.1 Å². The van der Waals surface area contributed by atoms with Crippen molar-refractivity contribution < 1.29 is 9.26 Å². The van der Waals surface area contributed by atoms with Gasteiger partial charge >= 0.3 is 0 Å². The summed E-state index contributed by atoms with van der Waals surface area (Å²) in [4.78, 5) is 8.51. The smallest absolute Gasteiger partial charge is 0.229 e. The second kappa shape index (κ2) is 6.29. The molecule has 0 aliphatic carbocycles. The van der Waals surface area contributed by atoms with E-state index in [4.69, 9.17) is 15.0 Å². The van der Waals surface area contributed by atoms with E-state index in [0.29, 0.717) is 30.6 Å². The first-order chi connectivity index (χ1) is 9.22. The summed E-state index contributed by atoms with van der Waals surface area (Å²) in [6, 6.07) is 3.75. The molecule has 0 spiro atoms. The standard InChI is InChI=1S/C13H18N4O2/c1-9(5-6-14)13-16-11(17-19-13)7-10-3-4-12(18-2)15-8-10/h3-4,8-9H,5-7,14H2,1-2H3. The van der Waals surface area contributed by atoms with E-state index >= 15 is 0 Å². The monoisotopic (exact) mass is 262 g/mol. The molecule has 2 heterocycles. The van der Waals surface area contributed by atoms with Crippen molar-refractivity contribution in [2.45, 2.75) is 25.7 Å². The van der Waals surface area contributed by atoms with E-state index in [0.717, 1.165) is 12.0 Å². The third kappa shape index (κ3) is 3.51. The fraction of sp³-hybridized carbons (Fsp3) is 0.462. The van der Waals surface area contributed by atoms with Gasteiger partial charge in [0, 0.05) is 24.6 Å². The fourth-order valence-corrected chi connectivity index (χ4v) is 1.73. The molecule has 0 fully saturated rings. The maximum atomic E-state index is 5.51. The summed E-state index contributed by atoms with van der Waals surface area (Å²) >= 11 is 0. The Morgan fingerprint density at radius 1 is 1.42 bits per heavy atom. The molecule has 0 amide bonds. The van der Waals surface area contributed by atoms with Gasteiger partial charge in [0.25, 0.3) is 0 Å². The van der Waals surface area contributed by atoms with Crippen LogP contribution in [0.25, 0.3) is 0 Å². The molecule has 2 aromatic heterocycles. The topological polar surface area (TPSA) is 87.1 Å². The number of aromatic nitrogens is 3. The molecule has 0 radical (unpaired) electrons. The van der Waals surface area contributed by atoms with Gasteiger partial charge in [0.2, 0.25) is 11.8 Å². The van der Waals surface area contributed by atoms with Crippen LogP contribution in [0.3, 0.4) is 0 Å². The van der Waals surface area contributed by atoms with Gasteiger partial charge in [0.15, 0.2) is 5.82 Å². The first-order valence-electron chi connectivity index (χ1n) is 6.24. The summed E-state index contributed by atoms with van der Waals surface area (Å²) in [5.74, 6) is 2.09. The van der Waals surface area contributed by atoms with Crippen molar-refractivity contribution in [2.75, 3.05) is 13.7 Å². The molecule has 6 nitrogen and oxygen atoms in total.